The fourth-order valence-electron chi connectivity index (χ4n) is 5.00. The number of carboxylic acids is 1. The summed E-state index contributed by atoms with van der Waals surface area (Å²) in [6, 6.07) is 40.0. The SMILES string of the molecule is CN(Cc1cccc(-c2ccc(C[C@@H](Nc3ccccc3C(=O)c3ccccc3)C(=O)O)cc2)c1)C(=O)c1ccccc1. The van der Waals surface area contributed by atoms with Gasteiger partial charge in [0.05, 0.1) is 0 Å². The second-order valence-corrected chi connectivity index (χ2v) is 10.4. The van der Waals surface area contributed by atoms with Crippen LogP contribution in [0.3, 0.4) is 0 Å². The Morgan fingerprint density at radius 1 is 0.674 bits per heavy atom. The average Bonchev–Trinajstić information content (AvgIpc) is 3.05. The van der Waals surface area contributed by atoms with Gasteiger partial charge >= 0.3 is 5.97 Å². The normalized spacial score (nSPS) is 11.4. The van der Waals surface area contributed by atoms with Crippen molar-refractivity contribution in [1.82, 2.24) is 4.90 Å². The standard InChI is InChI=1S/C37H32N2O4/c1-39(36(41)30-14-6-3-7-15-30)25-27-11-10-16-31(23-27)28-21-19-26(20-22-28)24-34(37(42)43)38-33-18-9-8-17-32(33)35(40)29-12-4-2-5-13-29/h2-23,34,38H,24-25H2,1H3,(H,42,43)/t34-/m1/s1. The lowest BCUT2D eigenvalue weighted by atomic mass is 9.98. The summed E-state index contributed by atoms with van der Waals surface area (Å²) >= 11 is 0. The smallest absolute Gasteiger partial charge is 0.326 e. The van der Waals surface area contributed by atoms with E-state index in [4.69, 9.17) is 0 Å². The molecule has 0 aliphatic carbocycles. The lowest BCUT2D eigenvalue weighted by Gasteiger charge is -2.19. The van der Waals surface area contributed by atoms with E-state index in [1.165, 1.54) is 0 Å². The molecular weight excluding hydrogens is 536 g/mol. The summed E-state index contributed by atoms with van der Waals surface area (Å²) in [6.45, 7) is 0.472. The quantitative estimate of drug-likeness (QED) is 0.168. The number of aliphatic carboxylic acids is 1. The molecule has 1 amide bonds. The third-order valence-electron chi connectivity index (χ3n) is 7.28. The number of carbonyl (C=O) groups excluding carboxylic acids is 2. The molecule has 6 nitrogen and oxygen atoms in total. The molecule has 0 aliphatic heterocycles. The number of carboxylic acid groups (broad SMARTS) is 1. The Morgan fingerprint density at radius 2 is 1.30 bits per heavy atom. The number of nitrogens with zero attached hydrogens (tertiary/aromatic N) is 1. The zero-order chi connectivity index (χ0) is 30.2. The van der Waals surface area contributed by atoms with Crippen LogP contribution < -0.4 is 5.32 Å². The van der Waals surface area contributed by atoms with Crippen molar-refractivity contribution < 1.29 is 19.5 Å². The number of ketones is 1. The maximum Gasteiger partial charge on any atom is 0.326 e. The van der Waals surface area contributed by atoms with Crippen molar-refractivity contribution >= 4 is 23.3 Å². The molecule has 0 saturated heterocycles. The van der Waals surface area contributed by atoms with Crippen molar-refractivity contribution in [3.05, 3.63) is 161 Å². The molecule has 0 radical (unpaired) electrons. The molecule has 0 heterocycles. The maximum absolute atomic E-state index is 13.1. The molecule has 0 aromatic heterocycles. The summed E-state index contributed by atoms with van der Waals surface area (Å²) in [5, 5.41) is 13.1. The molecule has 5 aromatic carbocycles. The van der Waals surface area contributed by atoms with E-state index >= 15 is 0 Å². The Hall–Kier alpha value is -5.49. The molecule has 0 aliphatic rings. The van der Waals surface area contributed by atoms with Gasteiger partial charge in [0, 0.05) is 42.4 Å². The lowest BCUT2D eigenvalue weighted by molar-refractivity contribution is -0.137. The van der Waals surface area contributed by atoms with Gasteiger partial charge in [0.25, 0.3) is 5.91 Å². The molecule has 1 atom stereocenters. The van der Waals surface area contributed by atoms with E-state index in [-0.39, 0.29) is 18.1 Å². The van der Waals surface area contributed by atoms with E-state index in [0.29, 0.717) is 28.9 Å². The number of hydrogen-bond acceptors (Lipinski definition) is 4. The number of carbonyl (C=O) groups is 3. The van der Waals surface area contributed by atoms with E-state index in [1.807, 2.05) is 78.9 Å². The van der Waals surface area contributed by atoms with E-state index in [0.717, 1.165) is 22.3 Å². The summed E-state index contributed by atoms with van der Waals surface area (Å²) in [6.07, 6.45) is 0.232. The topological polar surface area (TPSA) is 86.7 Å². The number of para-hydroxylation sites is 1. The highest BCUT2D eigenvalue weighted by Gasteiger charge is 2.21. The predicted molar refractivity (Wildman–Crippen MR) is 169 cm³/mol. The zero-order valence-corrected chi connectivity index (χ0v) is 23.8. The zero-order valence-electron chi connectivity index (χ0n) is 23.8. The molecule has 2 N–H and O–H groups in total. The first-order chi connectivity index (χ1) is 20.9. The minimum atomic E-state index is -1.01. The van der Waals surface area contributed by atoms with E-state index in [9.17, 15) is 19.5 Å². The monoisotopic (exact) mass is 568 g/mol. The summed E-state index contributed by atoms with van der Waals surface area (Å²) in [7, 11) is 1.79. The Balaban J connectivity index is 1.27. The Labute approximate surface area is 251 Å². The van der Waals surface area contributed by atoms with Crippen LogP contribution in [0.15, 0.2) is 133 Å². The van der Waals surface area contributed by atoms with Crippen molar-refractivity contribution in [3.63, 3.8) is 0 Å². The van der Waals surface area contributed by atoms with Crippen LogP contribution in [0.2, 0.25) is 0 Å². The third kappa shape index (κ3) is 7.24. The lowest BCUT2D eigenvalue weighted by Crippen LogP contribution is -2.32. The molecule has 0 bridgehead atoms. The van der Waals surface area contributed by atoms with Gasteiger partial charge in [-0.3, -0.25) is 9.59 Å². The van der Waals surface area contributed by atoms with Crippen LogP contribution in [0.4, 0.5) is 5.69 Å². The highest BCUT2D eigenvalue weighted by atomic mass is 16.4. The summed E-state index contributed by atoms with van der Waals surface area (Å²) in [4.78, 5) is 39.8. The van der Waals surface area contributed by atoms with Gasteiger partial charge in [0.15, 0.2) is 5.78 Å². The third-order valence-corrected chi connectivity index (χ3v) is 7.28. The Morgan fingerprint density at radius 3 is 1.98 bits per heavy atom. The predicted octanol–water partition coefficient (Wildman–Crippen LogP) is 6.96. The first kappa shape index (κ1) is 29.0. The highest BCUT2D eigenvalue weighted by Crippen LogP contribution is 2.24. The summed E-state index contributed by atoms with van der Waals surface area (Å²) in [5.74, 6) is -1.22. The van der Waals surface area contributed by atoms with E-state index in [1.54, 1.807) is 60.5 Å². The number of amides is 1. The van der Waals surface area contributed by atoms with Crippen LogP contribution in [0.5, 0.6) is 0 Å². The molecule has 0 spiro atoms. The largest absolute Gasteiger partial charge is 0.480 e. The van der Waals surface area contributed by atoms with Gasteiger partial charge in [-0.15, -0.1) is 0 Å². The number of rotatable bonds is 11. The Bertz CT molecular complexity index is 1720. The summed E-state index contributed by atoms with van der Waals surface area (Å²) in [5.41, 5.74) is 5.94. The van der Waals surface area contributed by atoms with Crippen molar-refractivity contribution in [2.75, 3.05) is 12.4 Å². The van der Waals surface area contributed by atoms with Gasteiger partial charge in [0.1, 0.15) is 6.04 Å². The molecule has 0 saturated carbocycles. The van der Waals surface area contributed by atoms with Crippen molar-refractivity contribution in [2.45, 2.75) is 19.0 Å². The molecular formula is C37H32N2O4. The first-order valence-corrected chi connectivity index (χ1v) is 14.1. The van der Waals surface area contributed by atoms with Crippen molar-refractivity contribution in [2.24, 2.45) is 0 Å². The van der Waals surface area contributed by atoms with Crippen LogP contribution >= 0.6 is 0 Å². The molecule has 214 valence electrons. The second kappa shape index (κ2) is 13.4. The van der Waals surface area contributed by atoms with Gasteiger partial charge in [-0.05, 0) is 52.6 Å². The minimum absolute atomic E-state index is 0.0380. The number of hydrogen-bond donors (Lipinski definition) is 2. The second-order valence-electron chi connectivity index (χ2n) is 10.4. The fourth-order valence-corrected chi connectivity index (χ4v) is 5.00. The number of benzene rings is 5. The average molecular weight is 569 g/mol. The Kier molecular flexibility index (Phi) is 9.08. The maximum atomic E-state index is 13.1. The molecule has 5 aromatic rings. The molecule has 43 heavy (non-hydrogen) atoms. The molecule has 6 heteroatoms. The molecule has 0 unspecified atom stereocenters. The fraction of sp³-hybridized carbons (Fsp3) is 0.108. The minimum Gasteiger partial charge on any atom is -0.480 e. The van der Waals surface area contributed by atoms with Crippen molar-refractivity contribution in [1.29, 1.82) is 0 Å². The number of anilines is 1. The van der Waals surface area contributed by atoms with Crippen LogP contribution in [0.25, 0.3) is 11.1 Å². The first-order valence-electron chi connectivity index (χ1n) is 14.1. The van der Waals surface area contributed by atoms with Crippen LogP contribution in [-0.4, -0.2) is 40.8 Å². The molecule has 5 rings (SSSR count). The van der Waals surface area contributed by atoms with Gasteiger partial charge < -0.3 is 15.3 Å². The summed E-state index contributed by atoms with van der Waals surface area (Å²) < 4.78 is 0. The molecule has 0 fully saturated rings. The van der Waals surface area contributed by atoms with Crippen LogP contribution in [0.1, 0.15) is 37.4 Å². The van der Waals surface area contributed by atoms with Gasteiger partial charge in [-0.1, -0.05) is 103 Å². The van der Waals surface area contributed by atoms with Gasteiger partial charge in [0.2, 0.25) is 0 Å². The highest BCUT2D eigenvalue weighted by molar-refractivity contribution is 6.12. The van der Waals surface area contributed by atoms with Crippen LogP contribution in [0, 0.1) is 0 Å². The number of nitrogens with one attached hydrogen (secondary N) is 1. The van der Waals surface area contributed by atoms with Crippen LogP contribution in [-0.2, 0) is 17.8 Å². The van der Waals surface area contributed by atoms with E-state index < -0.39 is 12.0 Å². The van der Waals surface area contributed by atoms with Gasteiger partial charge in [-0.2, -0.15) is 0 Å². The van der Waals surface area contributed by atoms with E-state index in [2.05, 4.69) is 11.4 Å². The van der Waals surface area contributed by atoms with Gasteiger partial charge in [-0.25, -0.2) is 4.79 Å². The van der Waals surface area contributed by atoms with Crippen molar-refractivity contribution in [3.8, 4) is 11.1 Å².